The van der Waals surface area contributed by atoms with Gasteiger partial charge >= 0.3 is 0 Å². The largest absolute Gasteiger partial charge is 0.390 e. The Balaban J connectivity index is 2.35. The van der Waals surface area contributed by atoms with Crippen molar-refractivity contribution in [3.8, 4) is 0 Å². The predicted octanol–water partition coefficient (Wildman–Crippen LogP) is -0.135. The van der Waals surface area contributed by atoms with Crippen LogP contribution in [0.25, 0.3) is 0 Å². The lowest BCUT2D eigenvalue weighted by Crippen LogP contribution is -2.36. The van der Waals surface area contributed by atoms with E-state index in [0.717, 1.165) is 0 Å². The van der Waals surface area contributed by atoms with Gasteiger partial charge in [0.05, 0.1) is 12.2 Å². The second-order valence-electron chi connectivity index (χ2n) is 2.44. The van der Waals surface area contributed by atoms with E-state index in [-0.39, 0.29) is 6.10 Å². The molecule has 2 N–H and O–H groups in total. The minimum atomic E-state index is -0.664. The van der Waals surface area contributed by atoms with Crippen LogP contribution in [-0.4, -0.2) is 28.7 Å². The Morgan fingerprint density at radius 2 is 2.00 bits per heavy atom. The Hall–Kier alpha value is -0.120. The molecule has 3 heteroatoms. The molecule has 9 heavy (non-hydrogen) atoms. The summed E-state index contributed by atoms with van der Waals surface area (Å²) in [4.78, 5) is 0. The molecule has 0 radical (unpaired) electrons. The molecule has 1 saturated heterocycles. The van der Waals surface area contributed by atoms with E-state index in [1.807, 2.05) is 0 Å². The van der Waals surface area contributed by atoms with Gasteiger partial charge in [0.1, 0.15) is 0 Å². The fourth-order valence-corrected chi connectivity index (χ4v) is 0.955. The Morgan fingerprint density at radius 3 is 2.44 bits per heavy atom. The summed E-state index contributed by atoms with van der Waals surface area (Å²) in [7, 11) is 0. The molecule has 1 aliphatic rings. The minimum absolute atomic E-state index is 0.214. The van der Waals surface area contributed by atoms with Crippen LogP contribution in [0.1, 0.15) is 19.8 Å². The maximum absolute atomic E-state index is 9.06. The summed E-state index contributed by atoms with van der Waals surface area (Å²) in [6, 6.07) is 0. The molecule has 0 aromatic heterocycles. The lowest BCUT2D eigenvalue weighted by molar-refractivity contribution is -0.192. The lowest BCUT2D eigenvalue weighted by atomic mass is 10.1. The van der Waals surface area contributed by atoms with Crippen LogP contribution in [0.15, 0.2) is 0 Å². The average molecular weight is 132 g/mol. The zero-order valence-electron chi connectivity index (χ0n) is 5.45. The number of aliphatic hydroxyl groups excluding tert-OH is 2. The van der Waals surface area contributed by atoms with Crippen LogP contribution in [0, 0.1) is 0 Å². The number of hydrogen-bond acceptors (Lipinski definition) is 3. The molecular formula is C6H12O3. The summed E-state index contributed by atoms with van der Waals surface area (Å²) < 4.78 is 4.90. The fourth-order valence-electron chi connectivity index (χ4n) is 0.955. The number of hydrogen-bond donors (Lipinski definition) is 2. The standard InChI is InChI=1S/C6H12O3/c1-4-5(7)2-3-6(8)9-4/h4-8H,2-3H2,1H3/t4-,5+,6-/m0/s1. The first-order valence-electron chi connectivity index (χ1n) is 3.21. The molecule has 0 aromatic carbocycles. The Bertz CT molecular complexity index is 94.3. The fraction of sp³-hybridized carbons (Fsp3) is 1.00. The molecule has 0 bridgehead atoms. The SMILES string of the molecule is C[C@@H]1O[C@H](O)CC[C@H]1O. The molecule has 54 valence electrons. The highest BCUT2D eigenvalue weighted by atomic mass is 16.6. The van der Waals surface area contributed by atoms with Crippen LogP contribution in [0.2, 0.25) is 0 Å². The van der Waals surface area contributed by atoms with Crippen LogP contribution in [0.4, 0.5) is 0 Å². The molecule has 0 spiro atoms. The highest BCUT2D eigenvalue weighted by molar-refractivity contribution is 4.69. The topological polar surface area (TPSA) is 49.7 Å². The van der Waals surface area contributed by atoms with Gasteiger partial charge in [0.2, 0.25) is 0 Å². The van der Waals surface area contributed by atoms with Crippen molar-refractivity contribution in [2.45, 2.75) is 38.3 Å². The highest BCUT2D eigenvalue weighted by Gasteiger charge is 2.24. The van der Waals surface area contributed by atoms with E-state index in [9.17, 15) is 0 Å². The smallest absolute Gasteiger partial charge is 0.155 e. The van der Waals surface area contributed by atoms with Gasteiger partial charge in [-0.2, -0.15) is 0 Å². The van der Waals surface area contributed by atoms with E-state index in [1.54, 1.807) is 6.92 Å². The van der Waals surface area contributed by atoms with Gasteiger partial charge in [-0.05, 0) is 13.3 Å². The van der Waals surface area contributed by atoms with E-state index < -0.39 is 12.4 Å². The normalized spacial score (nSPS) is 45.0. The summed E-state index contributed by atoms with van der Waals surface area (Å²) in [5.74, 6) is 0. The van der Waals surface area contributed by atoms with E-state index in [1.165, 1.54) is 0 Å². The average Bonchev–Trinajstić information content (AvgIpc) is 1.80. The summed E-state index contributed by atoms with van der Waals surface area (Å²) in [6.45, 7) is 1.76. The van der Waals surface area contributed by atoms with Crippen LogP contribution in [0.3, 0.4) is 0 Å². The maximum atomic E-state index is 9.06. The molecule has 0 saturated carbocycles. The number of aliphatic hydroxyl groups is 2. The first-order chi connectivity index (χ1) is 4.20. The van der Waals surface area contributed by atoms with Gasteiger partial charge in [-0.15, -0.1) is 0 Å². The third-order valence-corrected chi connectivity index (χ3v) is 1.62. The molecule has 0 unspecified atom stereocenters. The first kappa shape index (κ1) is 6.99. The Kier molecular flexibility index (Phi) is 2.05. The van der Waals surface area contributed by atoms with Crippen LogP contribution >= 0.6 is 0 Å². The molecule has 1 rings (SSSR count). The third-order valence-electron chi connectivity index (χ3n) is 1.62. The van der Waals surface area contributed by atoms with E-state index >= 15 is 0 Å². The second-order valence-corrected chi connectivity index (χ2v) is 2.44. The minimum Gasteiger partial charge on any atom is -0.390 e. The monoisotopic (exact) mass is 132 g/mol. The van der Waals surface area contributed by atoms with Crippen LogP contribution in [0.5, 0.6) is 0 Å². The summed E-state index contributed by atoms with van der Waals surface area (Å²) in [5.41, 5.74) is 0. The van der Waals surface area contributed by atoms with Crippen molar-refractivity contribution in [1.82, 2.24) is 0 Å². The van der Waals surface area contributed by atoms with E-state index in [4.69, 9.17) is 14.9 Å². The molecule has 1 heterocycles. The van der Waals surface area contributed by atoms with Gasteiger partial charge < -0.3 is 14.9 Å². The summed E-state index contributed by atoms with van der Waals surface area (Å²) >= 11 is 0. The van der Waals surface area contributed by atoms with Gasteiger partial charge in [-0.25, -0.2) is 0 Å². The lowest BCUT2D eigenvalue weighted by Gasteiger charge is -2.28. The Labute approximate surface area is 54.3 Å². The number of rotatable bonds is 0. The van der Waals surface area contributed by atoms with Crippen molar-refractivity contribution < 1.29 is 14.9 Å². The van der Waals surface area contributed by atoms with Gasteiger partial charge in [-0.1, -0.05) is 0 Å². The maximum Gasteiger partial charge on any atom is 0.155 e. The number of ether oxygens (including phenoxy) is 1. The molecule has 0 aliphatic carbocycles. The molecule has 1 fully saturated rings. The van der Waals surface area contributed by atoms with Crippen molar-refractivity contribution in [2.24, 2.45) is 0 Å². The van der Waals surface area contributed by atoms with E-state index in [0.29, 0.717) is 12.8 Å². The van der Waals surface area contributed by atoms with Crippen molar-refractivity contribution in [2.75, 3.05) is 0 Å². The van der Waals surface area contributed by atoms with Crippen molar-refractivity contribution in [3.05, 3.63) is 0 Å². The molecule has 0 aromatic rings. The van der Waals surface area contributed by atoms with Crippen LogP contribution < -0.4 is 0 Å². The zero-order chi connectivity index (χ0) is 6.85. The quantitative estimate of drug-likeness (QED) is 0.482. The van der Waals surface area contributed by atoms with Gasteiger partial charge in [0, 0.05) is 6.42 Å². The Morgan fingerprint density at radius 1 is 1.33 bits per heavy atom. The molecule has 3 atom stereocenters. The molecule has 3 nitrogen and oxygen atoms in total. The summed E-state index contributed by atoms with van der Waals surface area (Å²) in [6.07, 6.45) is -0.0843. The second kappa shape index (κ2) is 2.64. The highest BCUT2D eigenvalue weighted by Crippen LogP contribution is 2.16. The van der Waals surface area contributed by atoms with Gasteiger partial charge in [0.25, 0.3) is 0 Å². The van der Waals surface area contributed by atoms with Gasteiger partial charge in [0.15, 0.2) is 6.29 Å². The van der Waals surface area contributed by atoms with Gasteiger partial charge in [-0.3, -0.25) is 0 Å². The van der Waals surface area contributed by atoms with Crippen molar-refractivity contribution in [1.29, 1.82) is 0 Å². The molecule has 0 amide bonds. The van der Waals surface area contributed by atoms with Crippen molar-refractivity contribution >= 4 is 0 Å². The first-order valence-corrected chi connectivity index (χ1v) is 3.21. The molecule has 1 aliphatic heterocycles. The van der Waals surface area contributed by atoms with Crippen molar-refractivity contribution in [3.63, 3.8) is 0 Å². The predicted molar refractivity (Wildman–Crippen MR) is 31.8 cm³/mol. The van der Waals surface area contributed by atoms with E-state index in [2.05, 4.69) is 0 Å². The summed E-state index contributed by atoms with van der Waals surface area (Å²) in [5, 5.41) is 17.9. The third kappa shape index (κ3) is 1.64. The van der Waals surface area contributed by atoms with Crippen LogP contribution in [-0.2, 0) is 4.74 Å². The zero-order valence-corrected chi connectivity index (χ0v) is 5.45. The molecular weight excluding hydrogens is 120 g/mol.